The second-order valence-corrected chi connectivity index (χ2v) is 8.40. The molecule has 0 nitrogen and oxygen atoms in total. The van der Waals surface area contributed by atoms with E-state index in [0.717, 1.165) is 0 Å². The molecule has 1 saturated carbocycles. The van der Waals surface area contributed by atoms with Crippen molar-refractivity contribution < 1.29 is 0 Å². The quantitative estimate of drug-likeness (QED) is 0.584. The molecule has 1 aromatic rings. The van der Waals surface area contributed by atoms with Crippen LogP contribution in [0.15, 0.2) is 18.2 Å². The molecule has 2 aliphatic carbocycles. The topological polar surface area (TPSA) is 0 Å². The molecule has 0 spiro atoms. The van der Waals surface area contributed by atoms with Gasteiger partial charge in [0.05, 0.1) is 0 Å². The van der Waals surface area contributed by atoms with E-state index in [2.05, 4.69) is 52.8 Å². The lowest BCUT2D eigenvalue weighted by molar-refractivity contribution is 0.109. The van der Waals surface area contributed by atoms with E-state index >= 15 is 0 Å². The van der Waals surface area contributed by atoms with Gasteiger partial charge in [-0.15, -0.1) is 0 Å². The maximum atomic E-state index is 2.53. The van der Waals surface area contributed by atoms with Crippen molar-refractivity contribution in [2.24, 2.45) is 5.41 Å². The van der Waals surface area contributed by atoms with Crippen LogP contribution >= 0.6 is 0 Å². The van der Waals surface area contributed by atoms with Crippen molar-refractivity contribution in [1.82, 2.24) is 0 Å². The lowest BCUT2D eigenvalue weighted by atomic mass is 9.58. The highest BCUT2D eigenvalue weighted by Crippen LogP contribution is 2.59. The highest BCUT2D eigenvalue weighted by atomic mass is 14.6. The Morgan fingerprint density at radius 2 is 1.68 bits per heavy atom. The van der Waals surface area contributed by atoms with Crippen LogP contribution in [0.25, 0.3) is 0 Å². The third kappa shape index (κ3) is 1.79. The minimum Gasteiger partial charge on any atom is -0.0585 e. The lowest BCUT2D eigenvalue weighted by Crippen LogP contribution is -2.40. The Bertz CT molecular complexity index is 505. The van der Waals surface area contributed by atoms with Gasteiger partial charge < -0.3 is 0 Å². The fourth-order valence-corrected chi connectivity index (χ4v) is 4.45. The van der Waals surface area contributed by atoms with E-state index in [1.165, 1.54) is 37.7 Å². The van der Waals surface area contributed by atoms with Gasteiger partial charge in [-0.25, -0.2) is 0 Å². The summed E-state index contributed by atoms with van der Waals surface area (Å²) >= 11 is 0. The van der Waals surface area contributed by atoms with Crippen LogP contribution in [-0.4, -0.2) is 0 Å². The summed E-state index contributed by atoms with van der Waals surface area (Å²) in [5.41, 5.74) is 5.98. The first-order chi connectivity index (χ1) is 8.76. The van der Waals surface area contributed by atoms with Crippen molar-refractivity contribution in [3.8, 4) is 0 Å². The highest BCUT2D eigenvalue weighted by Gasteiger charge is 2.52. The third-order valence-electron chi connectivity index (χ3n) is 6.14. The van der Waals surface area contributed by atoms with E-state index < -0.39 is 0 Å². The molecule has 2 unspecified atom stereocenters. The van der Waals surface area contributed by atoms with Gasteiger partial charge in [0.2, 0.25) is 0 Å². The Morgan fingerprint density at radius 1 is 1.00 bits per heavy atom. The Labute approximate surface area is 118 Å². The van der Waals surface area contributed by atoms with Crippen LogP contribution in [0.1, 0.15) is 77.0 Å². The molecule has 0 heteroatoms. The first-order valence-electron chi connectivity index (χ1n) is 7.90. The van der Waals surface area contributed by atoms with E-state index in [-0.39, 0.29) is 5.41 Å². The predicted molar refractivity (Wildman–Crippen MR) is 82.8 cm³/mol. The molecule has 2 aliphatic rings. The molecular formula is C19H28. The Morgan fingerprint density at radius 3 is 2.37 bits per heavy atom. The van der Waals surface area contributed by atoms with Crippen molar-refractivity contribution in [2.75, 3.05) is 0 Å². The molecule has 0 N–H and O–H groups in total. The molecule has 0 heterocycles. The zero-order chi connectivity index (χ0) is 13.9. The van der Waals surface area contributed by atoms with E-state index in [0.29, 0.717) is 10.8 Å². The first-order valence-corrected chi connectivity index (χ1v) is 7.90. The van der Waals surface area contributed by atoms with Crippen LogP contribution < -0.4 is 0 Å². The van der Waals surface area contributed by atoms with Gasteiger partial charge in [0, 0.05) is 0 Å². The number of hydrogen-bond donors (Lipinski definition) is 0. The summed E-state index contributed by atoms with van der Waals surface area (Å²) in [6.07, 6.45) is 6.91. The second-order valence-electron chi connectivity index (χ2n) is 8.40. The molecule has 1 fully saturated rings. The van der Waals surface area contributed by atoms with Crippen LogP contribution in [0.2, 0.25) is 0 Å². The summed E-state index contributed by atoms with van der Waals surface area (Å²) in [5, 5.41) is 0. The Hall–Kier alpha value is -0.780. The van der Waals surface area contributed by atoms with Gasteiger partial charge in [-0.3, -0.25) is 0 Å². The molecular weight excluding hydrogens is 228 g/mol. The normalized spacial score (nSPS) is 33.9. The summed E-state index contributed by atoms with van der Waals surface area (Å²) in [4.78, 5) is 0. The van der Waals surface area contributed by atoms with Gasteiger partial charge in [-0.2, -0.15) is 0 Å². The summed E-state index contributed by atoms with van der Waals surface area (Å²) in [7, 11) is 0. The molecule has 104 valence electrons. The summed E-state index contributed by atoms with van der Waals surface area (Å²) < 4.78 is 0. The van der Waals surface area contributed by atoms with Gasteiger partial charge in [-0.1, -0.05) is 65.7 Å². The number of benzene rings is 1. The van der Waals surface area contributed by atoms with Gasteiger partial charge in [0.15, 0.2) is 0 Å². The molecule has 19 heavy (non-hydrogen) atoms. The fourth-order valence-electron chi connectivity index (χ4n) is 4.45. The molecule has 0 bridgehead atoms. The second kappa shape index (κ2) is 3.87. The smallest absolute Gasteiger partial charge is 0.00155 e. The van der Waals surface area contributed by atoms with Crippen LogP contribution in [0.3, 0.4) is 0 Å². The van der Waals surface area contributed by atoms with Crippen molar-refractivity contribution >= 4 is 0 Å². The van der Waals surface area contributed by atoms with Crippen molar-refractivity contribution in [1.29, 1.82) is 0 Å². The number of rotatable bonds is 0. The average Bonchev–Trinajstić information content (AvgIpc) is 2.55. The fraction of sp³-hybridized carbons (Fsp3) is 0.684. The molecule has 0 saturated heterocycles. The van der Waals surface area contributed by atoms with Gasteiger partial charge >= 0.3 is 0 Å². The maximum absolute atomic E-state index is 2.53. The zero-order valence-corrected chi connectivity index (χ0v) is 13.3. The van der Waals surface area contributed by atoms with E-state index in [1.807, 2.05) is 0 Å². The highest BCUT2D eigenvalue weighted by molar-refractivity contribution is 5.46. The number of fused-ring (bicyclic) bond motifs is 3. The lowest BCUT2D eigenvalue weighted by Gasteiger charge is -2.46. The Balaban J connectivity index is 2.13. The minimum atomic E-state index is 0.263. The van der Waals surface area contributed by atoms with Crippen molar-refractivity contribution in [2.45, 2.75) is 77.6 Å². The third-order valence-corrected chi connectivity index (χ3v) is 6.14. The average molecular weight is 256 g/mol. The van der Waals surface area contributed by atoms with E-state index in [4.69, 9.17) is 0 Å². The van der Waals surface area contributed by atoms with Crippen LogP contribution in [0.4, 0.5) is 0 Å². The SMILES string of the molecule is CC(C)(C)c1ccc2c(c1)C1(C)CCCCC1(C)C2. The molecule has 0 aromatic heterocycles. The number of hydrogen-bond acceptors (Lipinski definition) is 0. The summed E-state index contributed by atoms with van der Waals surface area (Å²) in [6.45, 7) is 12.0. The van der Waals surface area contributed by atoms with Crippen LogP contribution in [0.5, 0.6) is 0 Å². The Kier molecular flexibility index (Phi) is 2.69. The minimum absolute atomic E-state index is 0.263. The standard InChI is InChI=1S/C19H28/c1-17(2,3)15-9-8-14-13-18(4)10-6-7-11-19(18,5)16(14)12-15/h8-9,12H,6-7,10-11,13H2,1-5H3. The monoisotopic (exact) mass is 256 g/mol. The van der Waals surface area contributed by atoms with Gasteiger partial charge in [0.25, 0.3) is 0 Å². The maximum Gasteiger partial charge on any atom is -0.00155 e. The summed E-state index contributed by atoms with van der Waals surface area (Å²) in [6, 6.07) is 7.32. The first kappa shape index (κ1) is 13.2. The predicted octanol–water partition coefficient (Wildman–Crippen LogP) is 5.38. The van der Waals surface area contributed by atoms with Gasteiger partial charge in [0.1, 0.15) is 0 Å². The van der Waals surface area contributed by atoms with Crippen molar-refractivity contribution in [3.05, 3.63) is 34.9 Å². The summed E-state index contributed by atoms with van der Waals surface area (Å²) in [5.74, 6) is 0. The molecule has 0 aliphatic heterocycles. The molecule has 3 rings (SSSR count). The van der Waals surface area contributed by atoms with Crippen LogP contribution in [-0.2, 0) is 17.3 Å². The largest absolute Gasteiger partial charge is 0.0585 e. The van der Waals surface area contributed by atoms with E-state index in [1.54, 1.807) is 11.1 Å². The van der Waals surface area contributed by atoms with Crippen molar-refractivity contribution in [3.63, 3.8) is 0 Å². The van der Waals surface area contributed by atoms with Gasteiger partial charge in [-0.05, 0) is 52.2 Å². The van der Waals surface area contributed by atoms with Crippen LogP contribution in [0, 0.1) is 5.41 Å². The van der Waals surface area contributed by atoms with E-state index in [9.17, 15) is 0 Å². The molecule has 0 amide bonds. The molecule has 2 atom stereocenters. The molecule has 0 radical (unpaired) electrons. The molecule has 1 aromatic carbocycles. The zero-order valence-electron chi connectivity index (χ0n) is 13.3.